The van der Waals surface area contributed by atoms with Gasteiger partial charge in [0.05, 0.1) is 9.21 Å². The van der Waals surface area contributed by atoms with Gasteiger partial charge in [0.2, 0.25) is 0 Å². The van der Waals surface area contributed by atoms with E-state index >= 15 is 0 Å². The van der Waals surface area contributed by atoms with Crippen molar-refractivity contribution in [2.24, 2.45) is 5.92 Å². The fourth-order valence-corrected chi connectivity index (χ4v) is 4.28. The summed E-state index contributed by atoms with van der Waals surface area (Å²) in [5, 5.41) is 8.93. The molecule has 0 radical (unpaired) electrons. The third kappa shape index (κ3) is 5.59. The smallest absolute Gasteiger partial charge is 0.270 e. The molecule has 1 saturated heterocycles. The van der Waals surface area contributed by atoms with E-state index in [1.807, 2.05) is 12.1 Å². The molecule has 2 N–H and O–H groups in total. The second-order valence-electron chi connectivity index (χ2n) is 5.05. The second-order valence-corrected chi connectivity index (χ2v) is 7.62. The summed E-state index contributed by atoms with van der Waals surface area (Å²) in [4.78, 5) is 17.5. The summed E-state index contributed by atoms with van der Waals surface area (Å²) < 4.78 is 0.733. The number of carbonyl (C=O) groups excluding carboxylic acids is 1. The Balaban J connectivity index is 0.00000132. The predicted octanol–water partition coefficient (Wildman–Crippen LogP) is 4.10. The first-order valence-corrected chi connectivity index (χ1v) is 9.00. The van der Waals surface area contributed by atoms with Gasteiger partial charge < -0.3 is 10.6 Å². The fraction of sp³-hybridized carbons (Fsp3) is 0.429. The molecule has 1 fully saturated rings. The Hall–Kier alpha value is -0.370. The van der Waals surface area contributed by atoms with Gasteiger partial charge >= 0.3 is 0 Å². The van der Waals surface area contributed by atoms with Gasteiger partial charge in [0.25, 0.3) is 5.91 Å². The molecular weight excluding hydrogens is 397 g/mol. The van der Waals surface area contributed by atoms with Crippen molar-refractivity contribution in [2.45, 2.75) is 12.8 Å². The molecule has 128 valence electrons. The van der Waals surface area contributed by atoms with Crippen LogP contribution >= 0.6 is 59.1 Å². The van der Waals surface area contributed by atoms with Crippen molar-refractivity contribution in [3.05, 3.63) is 27.5 Å². The molecule has 1 amide bonds. The van der Waals surface area contributed by atoms with Crippen molar-refractivity contribution in [3.8, 4) is 9.88 Å². The molecule has 0 aliphatic carbocycles. The van der Waals surface area contributed by atoms with Gasteiger partial charge in [-0.2, -0.15) is 0 Å². The van der Waals surface area contributed by atoms with Crippen LogP contribution in [0, 0.1) is 5.92 Å². The summed E-state index contributed by atoms with van der Waals surface area (Å²) in [5.41, 5.74) is 0.490. The summed E-state index contributed by atoms with van der Waals surface area (Å²) >= 11 is 8.87. The van der Waals surface area contributed by atoms with E-state index in [0.29, 0.717) is 18.2 Å². The second kappa shape index (κ2) is 9.81. The standard InChI is InChI=1S/C14H16ClN3OS2.2ClH/c15-12-2-1-11(21-12)14-18-10(8-20-14)13(19)17-6-4-9-3-5-16-7-9;;/h1-2,8-9,16H,3-7H2,(H,17,19);2*1H. The third-order valence-electron chi connectivity index (χ3n) is 3.52. The Bertz CT molecular complexity index is 626. The maximum Gasteiger partial charge on any atom is 0.270 e. The van der Waals surface area contributed by atoms with Crippen molar-refractivity contribution >= 4 is 65.0 Å². The van der Waals surface area contributed by atoms with Gasteiger partial charge in [-0.25, -0.2) is 4.98 Å². The molecule has 2 aromatic rings. The highest BCUT2D eigenvalue weighted by Crippen LogP contribution is 2.32. The molecule has 0 saturated carbocycles. The lowest BCUT2D eigenvalue weighted by molar-refractivity contribution is 0.0947. The Kier molecular flexibility index (Phi) is 8.82. The Morgan fingerprint density at radius 1 is 1.43 bits per heavy atom. The van der Waals surface area contributed by atoms with E-state index < -0.39 is 0 Å². The Labute approximate surface area is 160 Å². The molecule has 3 heterocycles. The molecule has 23 heavy (non-hydrogen) atoms. The Morgan fingerprint density at radius 2 is 2.26 bits per heavy atom. The first-order valence-electron chi connectivity index (χ1n) is 6.92. The molecule has 1 unspecified atom stereocenters. The van der Waals surface area contributed by atoms with E-state index in [1.165, 1.54) is 29.1 Å². The maximum absolute atomic E-state index is 12.1. The van der Waals surface area contributed by atoms with Gasteiger partial charge in [-0.1, -0.05) is 11.6 Å². The van der Waals surface area contributed by atoms with E-state index in [9.17, 15) is 4.79 Å². The molecule has 1 atom stereocenters. The van der Waals surface area contributed by atoms with Crippen molar-refractivity contribution in [1.82, 2.24) is 15.6 Å². The fourth-order valence-electron chi connectivity index (χ4n) is 2.36. The van der Waals surface area contributed by atoms with Gasteiger partial charge in [0.15, 0.2) is 0 Å². The van der Waals surface area contributed by atoms with Gasteiger partial charge in [-0.3, -0.25) is 4.79 Å². The zero-order chi connectivity index (χ0) is 14.7. The highest BCUT2D eigenvalue weighted by molar-refractivity contribution is 7.23. The highest BCUT2D eigenvalue weighted by atomic mass is 35.5. The van der Waals surface area contributed by atoms with Crippen LogP contribution in [0.3, 0.4) is 0 Å². The number of rotatable bonds is 5. The van der Waals surface area contributed by atoms with Crippen molar-refractivity contribution < 1.29 is 4.79 Å². The zero-order valence-corrected chi connectivity index (χ0v) is 16.2. The summed E-state index contributed by atoms with van der Waals surface area (Å²) in [6, 6.07) is 3.78. The zero-order valence-electron chi connectivity index (χ0n) is 12.2. The number of hydrogen-bond acceptors (Lipinski definition) is 5. The van der Waals surface area contributed by atoms with E-state index in [4.69, 9.17) is 11.6 Å². The van der Waals surface area contributed by atoms with Crippen LogP contribution in [0.2, 0.25) is 4.34 Å². The quantitative estimate of drug-likeness (QED) is 0.774. The molecule has 3 rings (SSSR count). The lowest BCUT2D eigenvalue weighted by Crippen LogP contribution is -2.26. The van der Waals surface area contributed by atoms with Crippen LogP contribution < -0.4 is 10.6 Å². The van der Waals surface area contributed by atoms with Crippen molar-refractivity contribution in [3.63, 3.8) is 0 Å². The molecule has 1 aliphatic rings. The number of nitrogens with one attached hydrogen (secondary N) is 2. The molecule has 0 spiro atoms. The average molecular weight is 415 g/mol. The molecule has 2 aromatic heterocycles. The van der Waals surface area contributed by atoms with Crippen molar-refractivity contribution in [1.29, 1.82) is 0 Å². The SMILES string of the molecule is Cl.Cl.O=C(NCCC1CCNC1)c1csc(-c2ccc(Cl)s2)n1. The largest absolute Gasteiger partial charge is 0.351 e. The summed E-state index contributed by atoms with van der Waals surface area (Å²) in [7, 11) is 0. The number of thiazole rings is 1. The Morgan fingerprint density at radius 3 is 2.91 bits per heavy atom. The number of hydrogen-bond donors (Lipinski definition) is 2. The lowest BCUT2D eigenvalue weighted by Gasteiger charge is -2.08. The molecule has 4 nitrogen and oxygen atoms in total. The predicted molar refractivity (Wildman–Crippen MR) is 103 cm³/mol. The monoisotopic (exact) mass is 413 g/mol. The van der Waals surface area contributed by atoms with Crippen LogP contribution in [0.25, 0.3) is 9.88 Å². The average Bonchev–Trinajstić information content (AvgIpc) is 3.19. The number of carbonyl (C=O) groups is 1. The van der Waals surface area contributed by atoms with E-state index in [-0.39, 0.29) is 30.7 Å². The van der Waals surface area contributed by atoms with Gasteiger partial charge in [0, 0.05) is 11.9 Å². The van der Waals surface area contributed by atoms with E-state index in [0.717, 1.165) is 33.7 Å². The van der Waals surface area contributed by atoms with Crippen LogP contribution in [0.5, 0.6) is 0 Å². The number of thiophene rings is 1. The number of aromatic nitrogens is 1. The van der Waals surface area contributed by atoms with Gasteiger partial charge in [0.1, 0.15) is 10.7 Å². The summed E-state index contributed by atoms with van der Waals surface area (Å²) in [6.45, 7) is 2.87. The van der Waals surface area contributed by atoms with Crippen molar-refractivity contribution in [2.75, 3.05) is 19.6 Å². The number of amides is 1. The molecule has 0 aromatic carbocycles. The minimum atomic E-state index is -0.0916. The van der Waals surface area contributed by atoms with Crippen LogP contribution in [0.4, 0.5) is 0 Å². The summed E-state index contributed by atoms with van der Waals surface area (Å²) in [6.07, 6.45) is 2.23. The van der Waals surface area contributed by atoms with Crippen LogP contribution in [0.1, 0.15) is 23.3 Å². The number of halogens is 3. The minimum absolute atomic E-state index is 0. The molecular formula is C14H18Cl3N3OS2. The molecule has 9 heteroatoms. The third-order valence-corrected chi connectivity index (χ3v) is 5.76. The first kappa shape index (κ1) is 20.7. The maximum atomic E-state index is 12.1. The van der Waals surface area contributed by atoms with Crippen LogP contribution in [0.15, 0.2) is 17.5 Å². The number of nitrogens with zero attached hydrogens (tertiary/aromatic N) is 1. The van der Waals surface area contributed by atoms with Crippen LogP contribution in [-0.2, 0) is 0 Å². The van der Waals surface area contributed by atoms with E-state index in [2.05, 4.69) is 15.6 Å². The molecule has 0 bridgehead atoms. The van der Waals surface area contributed by atoms with E-state index in [1.54, 1.807) is 5.38 Å². The van der Waals surface area contributed by atoms with Gasteiger partial charge in [-0.15, -0.1) is 47.5 Å². The summed E-state index contributed by atoms with van der Waals surface area (Å²) in [5.74, 6) is 0.593. The topological polar surface area (TPSA) is 54.0 Å². The normalized spacial score (nSPS) is 16.5. The molecule has 1 aliphatic heterocycles. The first-order chi connectivity index (χ1) is 10.2. The highest BCUT2D eigenvalue weighted by Gasteiger charge is 2.16. The van der Waals surface area contributed by atoms with Gasteiger partial charge in [-0.05, 0) is 44.0 Å². The van der Waals surface area contributed by atoms with Crippen LogP contribution in [-0.4, -0.2) is 30.5 Å². The lowest BCUT2D eigenvalue weighted by atomic mass is 10.1. The minimum Gasteiger partial charge on any atom is -0.351 e.